The summed E-state index contributed by atoms with van der Waals surface area (Å²) in [5.74, 6) is 0.350. The van der Waals surface area contributed by atoms with Crippen molar-refractivity contribution < 1.29 is 38.1 Å². The van der Waals surface area contributed by atoms with Gasteiger partial charge in [-0.2, -0.15) is 4.99 Å². The quantitative estimate of drug-likeness (QED) is 0.168. The number of benzene rings is 2. The number of carbonyl (C=O) groups excluding carboxylic acids is 4. The summed E-state index contributed by atoms with van der Waals surface area (Å²) in [6.45, 7) is 17.9. The number of aliphatic imine (C=N–C) groups is 2. The van der Waals surface area contributed by atoms with E-state index in [1.807, 2.05) is 35.2 Å². The van der Waals surface area contributed by atoms with Crippen LogP contribution in [0, 0.1) is 0 Å². The average molecular weight is 759 g/mol. The van der Waals surface area contributed by atoms with Gasteiger partial charge in [0.1, 0.15) is 22.6 Å². The summed E-state index contributed by atoms with van der Waals surface area (Å²) < 4.78 is 21.7. The zero-order valence-electron chi connectivity index (χ0n) is 33.6. The van der Waals surface area contributed by atoms with Crippen LogP contribution in [0.2, 0.25) is 0 Å². The first-order valence-electron chi connectivity index (χ1n) is 18.2. The molecule has 2 aromatic rings. The Morgan fingerprint density at radius 3 is 1.93 bits per heavy atom. The minimum atomic E-state index is -0.831. The molecule has 2 heterocycles. The Hall–Kier alpha value is -5.66. The number of ether oxygens (including phenoxy) is 4. The molecule has 0 saturated heterocycles. The molecular weight excluding hydrogens is 704 g/mol. The van der Waals surface area contributed by atoms with Crippen LogP contribution in [0.15, 0.2) is 64.6 Å². The monoisotopic (exact) mass is 758 g/mol. The molecule has 55 heavy (non-hydrogen) atoms. The summed E-state index contributed by atoms with van der Waals surface area (Å²) in [6, 6.07) is 12.9. The van der Waals surface area contributed by atoms with E-state index in [-0.39, 0.29) is 11.9 Å². The molecule has 0 fully saturated rings. The van der Waals surface area contributed by atoms with Gasteiger partial charge < -0.3 is 34.1 Å². The first-order chi connectivity index (χ1) is 25.7. The van der Waals surface area contributed by atoms with Crippen LogP contribution in [0.25, 0.3) is 11.1 Å². The molecule has 2 N–H and O–H groups in total. The molecule has 296 valence electrons. The number of hydrogen-bond donors (Lipinski definition) is 2. The zero-order chi connectivity index (χ0) is 40.6. The molecule has 0 bridgehead atoms. The summed E-state index contributed by atoms with van der Waals surface area (Å²) in [5.41, 5.74) is 3.00. The Kier molecular flexibility index (Phi) is 13.5. The van der Waals surface area contributed by atoms with E-state index in [0.717, 1.165) is 28.7 Å². The standard InChI is InChI=1S/C41H54N6O8/c1-39(2,3)53-36(49)42-26-46-21-17-28(18-22-46)27-11-13-30(14-12-27)34(48)43-31-15-16-32(33(25-31)52-10)29-19-23-47(24-20-29)35(44-37(50)54-40(4,5)6)45-38(51)55-41(7,8)9/h11-17,19,25-26H,18,20-24H2,1-10H3,(H,43,48)(H,44,45,50,51). The van der Waals surface area contributed by atoms with Crippen molar-refractivity contribution in [1.29, 1.82) is 0 Å². The lowest BCUT2D eigenvalue weighted by atomic mass is 9.98. The number of hydrogen-bond acceptors (Lipinski definition) is 8. The van der Waals surface area contributed by atoms with Crippen LogP contribution < -0.4 is 15.4 Å². The average Bonchev–Trinajstić information content (AvgIpc) is 3.08. The van der Waals surface area contributed by atoms with Crippen LogP contribution >= 0.6 is 0 Å². The zero-order valence-corrected chi connectivity index (χ0v) is 33.6. The molecule has 0 saturated carbocycles. The Morgan fingerprint density at radius 1 is 0.745 bits per heavy atom. The van der Waals surface area contributed by atoms with Crippen molar-refractivity contribution in [2.24, 2.45) is 9.98 Å². The Labute approximate surface area is 323 Å². The van der Waals surface area contributed by atoms with Gasteiger partial charge in [0.15, 0.2) is 0 Å². The van der Waals surface area contributed by atoms with Gasteiger partial charge in [-0.1, -0.05) is 24.3 Å². The van der Waals surface area contributed by atoms with Crippen LogP contribution in [0.1, 0.15) is 96.6 Å². The fourth-order valence-electron chi connectivity index (χ4n) is 5.59. The minimum Gasteiger partial charge on any atom is -0.496 e. The van der Waals surface area contributed by atoms with Crippen molar-refractivity contribution in [2.75, 3.05) is 38.6 Å². The molecule has 4 rings (SSSR count). The van der Waals surface area contributed by atoms with E-state index < -0.39 is 35.1 Å². The van der Waals surface area contributed by atoms with Gasteiger partial charge >= 0.3 is 18.3 Å². The number of rotatable bonds is 6. The summed E-state index contributed by atoms with van der Waals surface area (Å²) in [5, 5.41) is 5.57. The van der Waals surface area contributed by atoms with E-state index in [1.165, 1.54) is 6.34 Å². The van der Waals surface area contributed by atoms with Crippen molar-refractivity contribution in [3.63, 3.8) is 0 Å². The highest BCUT2D eigenvalue weighted by molar-refractivity contribution is 6.04. The molecular formula is C41H54N6O8. The maximum absolute atomic E-state index is 13.2. The first-order valence-corrected chi connectivity index (χ1v) is 18.2. The molecule has 2 aromatic carbocycles. The number of alkyl carbamates (subject to hydrolysis) is 1. The predicted octanol–water partition coefficient (Wildman–Crippen LogP) is 7.90. The number of carbonyl (C=O) groups is 4. The van der Waals surface area contributed by atoms with Crippen LogP contribution in [0.3, 0.4) is 0 Å². The molecule has 2 aliphatic rings. The number of amides is 4. The molecule has 0 spiro atoms. The highest BCUT2D eigenvalue weighted by atomic mass is 16.6. The lowest BCUT2D eigenvalue weighted by molar-refractivity contribution is 0.0551. The summed E-state index contributed by atoms with van der Waals surface area (Å²) in [4.78, 5) is 62.0. The summed E-state index contributed by atoms with van der Waals surface area (Å²) in [7, 11) is 1.57. The van der Waals surface area contributed by atoms with Crippen LogP contribution in [-0.4, -0.2) is 96.4 Å². The number of nitrogens with one attached hydrogen (secondary N) is 2. The highest BCUT2D eigenvalue weighted by Gasteiger charge is 2.26. The molecule has 2 aliphatic heterocycles. The van der Waals surface area contributed by atoms with Crippen LogP contribution in [0.5, 0.6) is 5.75 Å². The van der Waals surface area contributed by atoms with Crippen molar-refractivity contribution in [2.45, 2.75) is 92.0 Å². The van der Waals surface area contributed by atoms with Gasteiger partial charge in [0.2, 0.25) is 5.96 Å². The molecule has 0 aliphatic carbocycles. The smallest absolute Gasteiger partial charge is 0.437 e. The number of nitrogens with zero attached hydrogens (tertiary/aromatic N) is 4. The van der Waals surface area contributed by atoms with Gasteiger partial charge in [0.05, 0.1) is 13.4 Å². The van der Waals surface area contributed by atoms with E-state index in [9.17, 15) is 19.2 Å². The van der Waals surface area contributed by atoms with Crippen molar-refractivity contribution >= 4 is 53.3 Å². The van der Waals surface area contributed by atoms with E-state index in [2.05, 4.69) is 26.7 Å². The minimum absolute atomic E-state index is 0.0288. The van der Waals surface area contributed by atoms with Crippen molar-refractivity contribution in [3.05, 3.63) is 71.3 Å². The molecule has 14 heteroatoms. The van der Waals surface area contributed by atoms with Crippen molar-refractivity contribution in [3.8, 4) is 5.75 Å². The third-order valence-electron chi connectivity index (χ3n) is 8.00. The molecule has 0 aromatic heterocycles. The third-order valence-corrected chi connectivity index (χ3v) is 8.00. The second-order valence-corrected chi connectivity index (χ2v) is 16.1. The maximum atomic E-state index is 13.2. The fraction of sp³-hybridized carbons (Fsp3) is 0.463. The van der Waals surface area contributed by atoms with Gasteiger partial charge in [0, 0.05) is 49.1 Å². The number of anilines is 1. The topological polar surface area (TPSA) is 160 Å². The lowest BCUT2D eigenvalue weighted by Crippen LogP contribution is -2.48. The molecule has 4 amide bonds. The Bertz CT molecular complexity index is 1860. The molecule has 0 atom stereocenters. The van der Waals surface area contributed by atoms with Gasteiger partial charge in [-0.3, -0.25) is 10.1 Å². The lowest BCUT2D eigenvalue weighted by Gasteiger charge is -2.30. The SMILES string of the molecule is COc1cc(NC(=O)c2ccc(C3=CCN(C=NC(=O)OC(C)(C)C)CC3)cc2)ccc1C1=CCN(C(=NC(=O)OC(C)(C)C)NC(=O)OC(C)(C)C)CC1. The van der Waals surface area contributed by atoms with Crippen LogP contribution in [0.4, 0.5) is 20.1 Å². The fourth-order valence-corrected chi connectivity index (χ4v) is 5.59. The van der Waals surface area contributed by atoms with Crippen LogP contribution in [-0.2, 0) is 14.2 Å². The van der Waals surface area contributed by atoms with E-state index in [1.54, 1.807) is 92.5 Å². The predicted molar refractivity (Wildman–Crippen MR) is 213 cm³/mol. The van der Waals surface area contributed by atoms with Gasteiger partial charge in [0.25, 0.3) is 5.91 Å². The van der Waals surface area contributed by atoms with Gasteiger partial charge in [-0.25, -0.2) is 14.4 Å². The first kappa shape index (κ1) is 42.1. The van der Waals surface area contributed by atoms with E-state index >= 15 is 0 Å². The normalized spacial score (nSPS) is 15.5. The third kappa shape index (κ3) is 13.6. The second-order valence-electron chi connectivity index (χ2n) is 16.1. The summed E-state index contributed by atoms with van der Waals surface area (Å²) >= 11 is 0. The largest absolute Gasteiger partial charge is 0.496 e. The Balaban J connectivity index is 1.39. The van der Waals surface area contributed by atoms with Crippen molar-refractivity contribution in [1.82, 2.24) is 15.1 Å². The molecule has 0 unspecified atom stereocenters. The maximum Gasteiger partial charge on any atom is 0.437 e. The molecule has 0 radical (unpaired) electrons. The van der Waals surface area contributed by atoms with E-state index in [4.69, 9.17) is 18.9 Å². The second kappa shape index (κ2) is 17.7. The molecule has 14 nitrogen and oxygen atoms in total. The number of guanidine groups is 1. The van der Waals surface area contributed by atoms with Gasteiger partial charge in [-0.05, 0) is 116 Å². The highest BCUT2D eigenvalue weighted by Crippen LogP contribution is 2.33. The van der Waals surface area contributed by atoms with E-state index in [0.29, 0.717) is 49.6 Å². The Morgan fingerprint density at radius 2 is 1.36 bits per heavy atom. The van der Waals surface area contributed by atoms with Gasteiger partial charge in [-0.15, -0.1) is 4.99 Å². The number of methoxy groups -OCH3 is 1. The summed E-state index contributed by atoms with van der Waals surface area (Å²) in [6.07, 6.45) is 4.70.